The van der Waals surface area contributed by atoms with Crippen molar-refractivity contribution in [3.8, 4) is 11.6 Å². The van der Waals surface area contributed by atoms with Gasteiger partial charge in [-0.3, -0.25) is 4.90 Å². The molecule has 0 bridgehead atoms. The average molecular weight is 322 g/mol. The molecule has 0 aromatic carbocycles. The molecule has 1 aliphatic heterocycles. The van der Waals surface area contributed by atoms with Crippen molar-refractivity contribution in [2.75, 3.05) is 13.2 Å². The van der Waals surface area contributed by atoms with Gasteiger partial charge < -0.3 is 19.7 Å². The largest absolute Gasteiger partial charge is 0.573 e. The zero-order chi connectivity index (χ0) is 16.3. The van der Waals surface area contributed by atoms with Crippen LogP contribution in [0.2, 0.25) is 0 Å². The molecule has 2 N–H and O–H groups in total. The summed E-state index contributed by atoms with van der Waals surface area (Å²) in [6, 6.07) is 1.66. The molecule has 2 atom stereocenters. The van der Waals surface area contributed by atoms with Gasteiger partial charge in [-0.05, 0) is 6.07 Å². The SMILES string of the molecule is O=C(O)N1C[C@@H](Oc2ccc(OC(F)(F)F)cn2)C[C@H]1CO. The zero-order valence-corrected chi connectivity index (χ0v) is 11.2. The van der Waals surface area contributed by atoms with Gasteiger partial charge >= 0.3 is 12.5 Å². The van der Waals surface area contributed by atoms with Crippen molar-refractivity contribution in [3.05, 3.63) is 18.3 Å². The van der Waals surface area contributed by atoms with Gasteiger partial charge in [0.1, 0.15) is 11.9 Å². The average Bonchev–Trinajstić information content (AvgIpc) is 2.82. The highest BCUT2D eigenvalue weighted by atomic mass is 19.4. The standard InChI is InChI=1S/C12H13F3N2O5/c13-12(14,15)22-8-1-2-10(16-4-8)21-9-3-7(6-18)17(5-9)11(19)20/h1-2,4,7,9,18H,3,5-6H2,(H,19,20)/t7-,9-/m0/s1. The van der Waals surface area contributed by atoms with Gasteiger partial charge in [0, 0.05) is 12.5 Å². The number of carbonyl (C=O) groups is 1. The quantitative estimate of drug-likeness (QED) is 0.872. The van der Waals surface area contributed by atoms with E-state index in [-0.39, 0.29) is 25.5 Å². The first-order valence-electron chi connectivity index (χ1n) is 6.27. The van der Waals surface area contributed by atoms with Crippen LogP contribution in [-0.4, -0.2) is 57.8 Å². The van der Waals surface area contributed by atoms with Gasteiger partial charge in [0.2, 0.25) is 5.88 Å². The molecule has 0 unspecified atom stereocenters. The van der Waals surface area contributed by atoms with E-state index in [1.807, 2.05) is 0 Å². The Bertz CT molecular complexity index is 522. The Morgan fingerprint density at radius 3 is 2.64 bits per heavy atom. The van der Waals surface area contributed by atoms with Crippen LogP contribution in [0.1, 0.15) is 6.42 Å². The maximum atomic E-state index is 12.0. The fraction of sp³-hybridized carbons (Fsp3) is 0.500. The second-order valence-electron chi connectivity index (χ2n) is 4.63. The summed E-state index contributed by atoms with van der Waals surface area (Å²) in [7, 11) is 0. The van der Waals surface area contributed by atoms with Crippen molar-refractivity contribution in [3.63, 3.8) is 0 Å². The lowest BCUT2D eigenvalue weighted by molar-refractivity contribution is -0.274. The molecule has 0 spiro atoms. The Morgan fingerprint density at radius 1 is 1.45 bits per heavy atom. The molecule has 0 aliphatic carbocycles. The first-order chi connectivity index (χ1) is 10.3. The number of aliphatic hydroxyl groups is 1. The van der Waals surface area contributed by atoms with E-state index in [2.05, 4.69) is 9.72 Å². The highest BCUT2D eigenvalue weighted by molar-refractivity contribution is 5.66. The number of hydrogen-bond donors (Lipinski definition) is 2. The number of ether oxygens (including phenoxy) is 2. The van der Waals surface area contributed by atoms with E-state index in [1.165, 1.54) is 6.07 Å². The van der Waals surface area contributed by atoms with E-state index in [0.717, 1.165) is 17.2 Å². The zero-order valence-electron chi connectivity index (χ0n) is 11.2. The minimum atomic E-state index is -4.80. The van der Waals surface area contributed by atoms with Crippen molar-refractivity contribution < 1.29 is 37.7 Å². The Balaban J connectivity index is 1.96. The molecule has 1 amide bonds. The summed E-state index contributed by atoms with van der Waals surface area (Å²) in [5, 5.41) is 18.1. The molecule has 1 saturated heterocycles. The number of rotatable bonds is 4. The Hall–Kier alpha value is -2.23. The third kappa shape index (κ3) is 4.13. The third-order valence-electron chi connectivity index (χ3n) is 3.06. The van der Waals surface area contributed by atoms with Crippen LogP contribution in [0.15, 0.2) is 18.3 Å². The maximum Gasteiger partial charge on any atom is 0.573 e. The van der Waals surface area contributed by atoms with Crippen molar-refractivity contribution >= 4 is 6.09 Å². The number of hydrogen-bond acceptors (Lipinski definition) is 5. The number of aromatic nitrogens is 1. The van der Waals surface area contributed by atoms with Crippen LogP contribution in [0.5, 0.6) is 11.6 Å². The lowest BCUT2D eigenvalue weighted by atomic mass is 10.2. The van der Waals surface area contributed by atoms with E-state index in [9.17, 15) is 18.0 Å². The van der Waals surface area contributed by atoms with Crippen molar-refractivity contribution in [2.24, 2.45) is 0 Å². The first kappa shape index (κ1) is 16.1. The topological polar surface area (TPSA) is 92.1 Å². The summed E-state index contributed by atoms with van der Waals surface area (Å²) in [4.78, 5) is 15.7. The number of likely N-dealkylation sites (tertiary alicyclic amines) is 1. The lowest BCUT2D eigenvalue weighted by Gasteiger charge is -2.18. The van der Waals surface area contributed by atoms with E-state index < -0.39 is 30.4 Å². The van der Waals surface area contributed by atoms with Crippen molar-refractivity contribution in [2.45, 2.75) is 24.9 Å². The molecule has 10 heteroatoms. The normalized spacial score (nSPS) is 21.7. The molecular formula is C12H13F3N2O5. The fourth-order valence-electron chi connectivity index (χ4n) is 2.17. The number of pyridine rings is 1. The highest BCUT2D eigenvalue weighted by Gasteiger charge is 2.36. The number of amides is 1. The van der Waals surface area contributed by atoms with Gasteiger partial charge in [-0.2, -0.15) is 0 Å². The van der Waals surface area contributed by atoms with Gasteiger partial charge in [0.05, 0.1) is 25.4 Å². The number of alkyl halides is 3. The van der Waals surface area contributed by atoms with Crippen LogP contribution >= 0.6 is 0 Å². The van der Waals surface area contributed by atoms with Crippen LogP contribution in [-0.2, 0) is 0 Å². The molecule has 22 heavy (non-hydrogen) atoms. The number of halogens is 3. The summed E-state index contributed by atoms with van der Waals surface area (Å²) in [6.45, 7) is -0.291. The molecule has 1 aromatic rings. The monoisotopic (exact) mass is 322 g/mol. The van der Waals surface area contributed by atoms with E-state index in [4.69, 9.17) is 14.9 Å². The second kappa shape index (κ2) is 6.26. The van der Waals surface area contributed by atoms with E-state index in [1.54, 1.807) is 0 Å². The summed E-state index contributed by atoms with van der Waals surface area (Å²) in [5.74, 6) is -0.435. The van der Waals surface area contributed by atoms with Crippen molar-refractivity contribution in [1.29, 1.82) is 0 Å². The highest BCUT2D eigenvalue weighted by Crippen LogP contribution is 2.25. The number of nitrogens with zero attached hydrogens (tertiary/aromatic N) is 2. The van der Waals surface area contributed by atoms with Crippen LogP contribution in [0, 0.1) is 0 Å². The molecule has 7 nitrogen and oxygen atoms in total. The smallest absolute Gasteiger partial charge is 0.472 e. The van der Waals surface area contributed by atoms with E-state index >= 15 is 0 Å². The van der Waals surface area contributed by atoms with Crippen LogP contribution in [0.25, 0.3) is 0 Å². The van der Waals surface area contributed by atoms with E-state index in [0.29, 0.717) is 0 Å². The predicted molar refractivity (Wildman–Crippen MR) is 65.6 cm³/mol. The molecule has 0 radical (unpaired) electrons. The van der Waals surface area contributed by atoms with Gasteiger partial charge in [0.15, 0.2) is 0 Å². The second-order valence-corrected chi connectivity index (χ2v) is 4.63. The Labute approximate surface area is 122 Å². The molecule has 2 heterocycles. The molecule has 1 aromatic heterocycles. The summed E-state index contributed by atoms with van der Waals surface area (Å²) >= 11 is 0. The Kier molecular flexibility index (Phi) is 4.59. The van der Waals surface area contributed by atoms with Crippen LogP contribution in [0.4, 0.5) is 18.0 Å². The minimum Gasteiger partial charge on any atom is -0.472 e. The summed E-state index contributed by atoms with van der Waals surface area (Å²) in [6.07, 6.45) is -5.38. The molecular weight excluding hydrogens is 309 g/mol. The molecule has 0 saturated carbocycles. The summed E-state index contributed by atoms with van der Waals surface area (Å²) in [5.41, 5.74) is 0. The minimum absolute atomic E-state index is 0.0447. The molecule has 1 aliphatic rings. The fourth-order valence-corrected chi connectivity index (χ4v) is 2.17. The van der Waals surface area contributed by atoms with Crippen LogP contribution < -0.4 is 9.47 Å². The van der Waals surface area contributed by atoms with Gasteiger partial charge in [-0.15, -0.1) is 13.2 Å². The predicted octanol–water partition coefficient (Wildman–Crippen LogP) is 1.47. The number of aliphatic hydroxyl groups excluding tert-OH is 1. The Morgan fingerprint density at radius 2 is 2.18 bits per heavy atom. The number of carboxylic acid groups (broad SMARTS) is 1. The molecule has 2 rings (SSSR count). The molecule has 122 valence electrons. The van der Waals surface area contributed by atoms with Crippen LogP contribution in [0.3, 0.4) is 0 Å². The first-order valence-corrected chi connectivity index (χ1v) is 6.27. The third-order valence-corrected chi connectivity index (χ3v) is 3.06. The molecule has 1 fully saturated rings. The van der Waals surface area contributed by atoms with Crippen molar-refractivity contribution in [1.82, 2.24) is 9.88 Å². The lowest BCUT2D eigenvalue weighted by Crippen LogP contribution is -2.36. The maximum absolute atomic E-state index is 12.0. The van der Waals surface area contributed by atoms with Gasteiger partial charge in [-0.25, -0.2) is 9.78 Å². The van der Waals surface area contributed by atoms with Gasteiger partial charge in [-0.1, -0.05) is 0 Å². The summed E-state index contributed by atoms with van der Waals surface area (Å²) < 4.78 is 45.1. The van der Waals surface area contributed by atoms with Gasteiger partial charge in [0.25, 0.3) is 0 Å².